The average Bonchev–Trinajstić information content (AvgIpc) is 2.96. The third-order valence-electron chi connectivity index (χ3n) is 3.91. The van der Waals surface area contributed by atoms with Crippen molar-refractivity contribution in [1.29, 1.82) is 0 Å². The van der Waals surface area contributed by atoms with Gasteiger partial charge in [-0.2, -0.15) is 0 Å². The number of aromatic nitrogens is 3. The first-order chi connectivity index (χ1) is 10.1. The molecule has 0 amide bonds. The van der Waals surface area contributed by atoms with Gasteiger partial charge in [-0.25, -0.2) is 4.68 Å². The lowest BCUT2D eigenvalue weighted by Crippen LogP contribution is -2.29. The molecule has 0 atom stereocenters. The summed E-state index contributed by atoms with van der Waals surface area (Å²) < 4.78 is 1.84. The number of hydrogen-bond acceptors (Lipinski definition) is 4. The second-order valence-electron chi connectivity index (χ2n) is 5.77. The molecule has 1 saturated heterocycles. The van der Waals surface area contributed by atoms with Crippen molar-refractivity contribution in [3.8, 4) is 0 Å². The molecule has 3 rings (SSSR count). The van der Waals surface area contributed by atoms with Crippen molar-refractivity contribution in [2.24, 2.45) is 0 Å². The minimum Gasteiger partial charge on any atom is -0.317 e. The fourth-order valence-electron chi connectivity index (χ4n) is 2.88. The summed E-state index contributed by atoms with van der Waals surface area (Å²) in [6.45, 7) is 5.97. The highest BCUT2D eigenvalue weighted by atomic mass is 16.1. The number of aryl methyl sites for hydroxylation is 2. The molecule has 110 valence electrons. The van der Waals surface area contributed by atoms with Crippen molar-refractivity contribution in [1.82, 2.24) is 20.3 Å². The molecule has 1 fully saturated rings. The van der Waals surface area contributed by atoms with Gasteiger partial charge in [-0.15, -0.1) is 5.10 Å². The predicted molar refractivity (Wildman–Crippen MR) is 80.5 cm³/mol. The van der Waals surface area contributed by atoms with Crippen molar-refractivity contribution in [3.63, 3.8) is 0 Å². The Bertz CT molecular complexity index is 636. The monoisotopic (exact) mass is 284 g/mol. The van der Waals surface area contributed by atoms with Crippen LogP contribution in [0.25, 0.3) is 0 Å². The summed E-state index contributed by atoms with van der Waals surface area (Å²) in [6, 6.07) is 6.21. The molecule has 2 heterocycles. The standard InChI is InChI=1S/C16H20N4O/c1-11-7-12(2)9-13(8-11)16(21)15-10-20(19-18-15)14-3-5-17-6-4-14/h7-10,14,17H,3-6H2,1-2H3. The van der Waals surface area contributed by atoms with E-state index in [1.54, 1.807) is 6.20 Å². The highest BCUT2D eigenvalue weighted by Crippen LogP contribution is 2.18. The molecule has 0 bridgehead atoms. The molecule has 1 N–H and O–H groups in total. The molecule has 21 heavy (non-hydrogen) atoms. The molecule has 5 heteroatoms. The molecule has 0 aliphatic carbocycles. The maximum atomic E-state index is 12.5. The molecule has 2 aromatic rings. The van der Waals surface area contributed by atoms with E-state index in [2.05, 4.69) is 21.7 Å². The Hall–Kier alpha value is -2.01. The lowest BCUT2D eigenvalue weighted by Gasteiger charge is -2.22. The second kappa shape index (κ2) is 5.77. The van der Waals surface area contributed by atoms with Gasteiger partial charge in [0.2, 0.25) is 5.78 Å². The number of nitrogens with one attached hydrogen (secondary N) is 1. The van der Waals surface area contributed by atoms with Gasteiger partial charge in [0.15, 0.2) is 5.69 Å². The van der Waals surface area contributed by atoms with Gasteiger partial charge in [0.05, 0.1) is 12.2 Å². The number of piperidine rings is 1. The van der Waals surface area contributed by atoms with Crippen LogP contribution < -0.4 is 5.32 Å². The number of carbonyl (C=O) groups excluding carboxylic acids is 1. The normalized spacial score (nSPS) is 16.1. The fourth-order valence-corrected chi connectivity index (χ4v) is 2.88. The van der Waals surface area contributed by atoms with Crippen LogP contribution in [-0.4, -0.2) is 33.9 Å². The molecule has 0 unspecified atom stereocenters. The molecule has 1 aliphatic heterocycles. The van der Waals surface area contributed by atoms with E-state index < -0.39 is 0 Å². The summed E-state index contributed by atoms with van der Waals surface area (Å²) >= 11 is 0. The zero-order valence-corrected chi connectivity index (χ0v) is 12.5. The van der Waals surface area contributed by atoms with E-state index in [0.717, 1.165) is 37.1 Å². The summed E-state index contributed by atoms with van der Waals surface area (Å²) in [5, 5.41) is 11.5. The topological polar surface area (TPSA) is 59.8 Å². The number of benzene rings is 1. The van der Waals surface area contributed by atoms with E-state index in [-0.39, 0.29) is 5.78 Å². The number of rotatable bonds is 3. The molecule has 5 nitrogen and oxygen atoms in total. The highest BCUT2D eigenvalue weighted by Gasteiger charge is 2.19. The number of ketones is 1. The molecule has 1 aliphatic rings. The first-order valence-corrected chi connectivity index (χ1v) is 7.39. The lowest BCUT2D eigenvalue weighted by molar-refractivity contribution is 0.103. The Morgan fingerprint density at radius 3 is 2.52 bits per heavy atom. The Kier molecular flexibility index (Phi) is 3.84. The predicted octanol–water partition coefficient (Wildman–Crippen LogP) is 2.05. The van der Waals surface area contributed by atoms with Gasteiger partial charge in [-0.3, -0.25) is 4.79 Å². The summed E-state index contributed by atoms with van der Waals surface area (Å²) in [4.78, 5) is 12.5. The van der Waals surface area contributed by atoms with Crippen molar-refractivity contribution >= 4 is 5.78 Å². The van der Waals surface area contributed by atoms with E-state index >= 15 is 0 Å². The highest BCUT2D eigenvalue weighted by molar-refractivity contribution is 6.07. The molecule has 0 radical (unpaired) electrons. The minimum absolute atomic E-state index is 0.0537. The number of hydrogen-bond donors (Lipinski definition) is 1. The van der Waals surface area contributed by atoms with Crippen LogP contribution in [0, 0.1) is 13.8 Å². The van der Waals surface area contributed by atoms with E-state index in [0.29, 0.717) is 17.3 Å². The van der Waals surface area contributed by atoms with Crippen molar-refractivity contribution in [2.45, 2.75) is 32.7 Å². The first-order valence-electron chi connectivity index (χ1n) is 7.39. The van der Waals surface area contributed by atoms with Gasteiger partial charge in [-0.1, -0.05) is 22.4 Å². The van der Waals surface area contributed by atoms with Crippen LogP contribution in [0.1, 0.15) is 46.1 Å². The van der Waals surface area contributed by atoms with Crippen LogP contribution in [-0.2, 0) is 0 Å². The Labute approximate surface area is 124 Å². The van der Waals surface area contributed by atoms with E-state index in [4.69, 9.17) is 0 Å². The zero-order valence-electron chi connectivity index (χ0n) is 12.5. The summed E-state index contributed by atoms with van der Waals surface area (Å²) in [5.74, 6) is -0.0537. The first kappa shape index (κ1) is 13.9. The largest absolute Gasteiger partial charge is 0.317 e. The smallest absolute Gasteiger partial charge is 0.214 e. The van der Waals surface area contributed by atoms with Crippen LogP contribution in [0.3, 0.4) is 0 Å². The van der Waals surface area contributed by atoms with Gasteiger partial charge < -0.3 is 5.32 Å². The van der Waals surface area contributed by atoms with Crippen LogP contribution in [0.15, 0.2) is 24.4 Å². The summed E-state index contributed by atoms with van der Waals surface area (Å²) in [6.07, 6.45) is 3.84. The number of nitrogens with zero attached hydrogens (tertiary/aromatic N) is 3. The summed E-state index contributed by atoms with van der Waals surface area (Å²) in [7, 11) is 0. The lowest BCUT2D eigenvalue weighted by atomic mass is 10.0. The fraction of sp³-hybridized carbons (Fsp3) is 0.438. The Morgan fingerprint density at radius 1 is 1.19 bits per heavy atom. The molecular weight excluding hydrogens is 264 g/mol. The molecule has 0 saturated carbocycles. The van der Waals surface area contributed by atoms with Gasteiger partial charge in [0, 0.05) is 5.56 Å². The Balaban J connectivity index is 1.83. The van der Waals surface area contributed by atoms with Crippen LogP contribution >= 0.6 is 0 Å². The maximum Gasteiger partial charge on any atom is 0.214 e. The number of carbonyl (C=O) groups is 1. The van der Waals surface area contributed by atoms with Crippen LogP contribution in [0.5, 0.6) is 0 Å². The van der Waals surface area contributed by atoms with E-state index in [1.807, 2.05) is 30.7 Å². The molecule has 1 aromatic carbocycles. The van der Waals surface area contributed by atoms with Crippen LogP contribution in [0.2, 0.25) is 0 Å². The van der Waals surface area contributed by atoms with E-state index in [1.165, 1.54) is 0 Å². The quantitative estimate of drug-likeness (QED) is 0.876. The zero-order chi connectivity index (χ0) is 14.8. The minimum atomic E-state index is -0.0537. The van der Waals surface area contributed by atoms with E-state index in [9.17, 15) is 4.79 Å². The molecule has 1 aromatic heterocycles. The third-order valence-corrected chi connectivity index (χ3v) is 3.91. The molecule has 0 spiro atoms. The van der Waals surface area contributed by atoms with Gasteiger partial charge in [0.1, 0.15) is 0 Å². The SMILES string of the molecule is Cc1cc(C)cc(C(=O)c2cn(C3CCNCC3)nn2)c1. The second-order valence-corrected chi connectivity index (χ2v) is 5.77. The Morgan fingerprint density at radius 2 is 1.86 bits per heavy atom. The van der Waals surface area contributed by atoms with Crippen molar-refractivity contribution < 1.29 is 4.79 Å². The maximum absolute atomic E-state index is 12.5. The van der Waals surface area contributed by atoms with Gasteiger partial charge >= 0.3 is 0 Å². The molecular formula is C16H20N4O. The average molecular weight is 284 g/mol. The van der Waals surface area contributed by atoms with Gasteiger partial charge in [0.25, 0.3) is 0 Å². The third kappa shape index (κ3) is 3.03. The van der Waals surface area contributed by atoms with Crippen molar-refractivity contribution in [2.75, 3.05) is 13.1 Å². The summed E-state index contributed by atoms with van der Waals surface area (Å²) in [5.41, 5.74) is 3.29. The van der Waals surface area contributed by atoms with Gasteiger partial charge in [-0.05, 0) is 51.9 Å². The van der Waals surface area contributed by atoms with Crippen LogP contribution in [0.4, 0.5) is 0 Å². The van der Waals surface area contributed by atoms with Crippen molar-refractivity contribution in [3.05, 3.63) is 46.8 Å².